The minimum absolute atomic E-state index is 0.0654. The molecule has 0 saturated heterocycles. The second-order valence-electron chi connectivity index (χ2n) is 3.76. The molecule has 1 aliphatic carbocycles. The van der Waals surface area contributed by atoms with E-state index in [4.69, 9.17) is 0 Å². The third-order valence-electron chi connectivity index (χ3n) is 2.87. The smallest absolute Gasteiger partial charge is 0.211 e. The fourth-order valence-corrected chi connectivity index (χ4v) is 2.06. The summed E-state index contributed by atoms with van der Waals surface area (Å²) in [4.78, 5) is 12.1. The van der Waals surface area contributed by atoms with Gasteiger partial charge < -0.3 is 0 Å². The van der Waals surface area contributed by atoms with Gasteiger partial charge in [-0.15, -0.1) is 0 Å². The first-order valence-electron chi connectivity index (χ1n) is 5.01. The standard InChI is InChI=1S/C12H10N2O/c15-12-10-4-2-1-3-8(10)5-6-9-7-13-14-11(9)12/h1-4,7H,5-6H2,(H,13,14). The molecule has 15 heavy (non-hydrogen) atoms. The summed E-state index contributed by atoms with van der Waals surface area (Å²) in [6, 6.07) is 7.78. The van der Waals surface area contributed by atoms with Crippen LogP contribution in [0.2, 0.25) is 0 Å². The van der Waals surface area contributed by atoms with E-state index < -0.39 is 0 Å². The molecule has 3 heteroatoms. The predicted octanol–water partition coefficient (Wildman–Crippen LogP) is 1.74. The van der Waals surface area contributed by atoms with Gasteiger partial charge in [0.15, 0.2) is 0 Å². The summed E-state index contributed by atoms with van der Waals surface area (Å²) in [5.41, 5.74) is 3.61. The lowest BCUT2D eigenvalue weighted by Gasteiger charge is -2.02. The van der Waals surface area contributed by atoms with Gasteiger partial charge in [-0.25, -0.2) is 0 Å². The van der Waals surface area contributed by atoms with Gasteiger partial charge in [-0.05, 0) is 18.4 Å². The normalized spacial score (nSPS) is 14.3. The van der Waals surface area contributed by atoms with Gasteiger partial charge in [0.2, 0.25) is 5.78 Å². The number of aryl methyl sites for hydroxylation is 2. The maximum absolute atomic E-state index is 12.1. The molecule has 0 spiro atoms. The van der Waals surface area contributed by atoms with Crippen molar-refractivity contribution in [2.45, 2.75) is 12.8 Å². The third-order valence-corrected chi connectivity index (χ3v) is 2.87. The molecule has 0 bridgehead atoms. The van der Waals surface area contributed by atoms with Crippen LogP contribution >= 0.6 is 0 Å². The number of fused-ring (bicyclic) bond motifs is 2. The van der Waals surface area contributed by atoms with Crippen LogP contribution in [0.25, 0.3) is 0 Å². The first-order valence-corrected chi connectivity index (χ1v) is 5.01. The monoisotopic (exact) mass is 198 g/mol. The second kappa shape index (κ2) is 3.05. The fourth-order valence-electron chi connectivity index (χ4n) is 2.06. The maximum atomic E-state index is 12.1. The number of rotatable bonds is 0. The molecule has 0 saturated carbocycles. The number of carbonyl (C=O) groups excluding carboxylic acids is 1. The second-order valence-corrected chi connectivity index (χ2v) is 3.76. The molecule has 0 fully saturated rings. The molecule has 1 heterocycles. The number of nitrogens with one attached hydrogen (secondary N) is 1. The number of hydrogen-bond acceptors (Lipinski definition) is 2. The Morgan fingerprint density at radius 2 is 1.93 bits per heavy atom. The zero-order valence-corrected chi connectivity index (χ0v) is 8.16. The van der Waals surface area contributed by atoms with Gasteiger partial charge in [0.1, 0.15) is 5.69 Å². The largest absolute Gasteiger partial charge is 0.287 e. The van der Waals surface area contributed by atoms with E-state index in [-0.39, 0.29) is 5.78 Å². The van der Waals surface area contributed by atoms with E-state index in [9.17, 15) is 4.79 Å². The highest BCUT2D eigenvalue weighted by atomic mass is 16.1. The molecule has 1 N–H and O–H groups in total. The molecule has 3 rings (SSSR count). The Labute approximate surface area is 87.1 Å². The van der Waals surface area contributed by atoms with Crippen molar-refractivity contribution in [2.24, 2.45) is 0 Å². The minimum Gasteiger partial charge on any atom is -0.287 e. The molecule has 0 radical (unpaired) electrons. The Kier molecular flexibility index (Phi) is 1.71. The van der Waals surface area contributed by atoms with Crippen LogP contribution < -0.4 is 0 Å². The molecule has 3 nitrogen and oxygen atoms in total. The van der Waals surface area contributed by atoms with Crippen molar-refractivity contribution in [3.63, 3.8) is 0 Å². The van der Waals surface area contributed by atoms with Crippen molar-refractivity contribution in [1.82, 2.24) is 10.2 Å². The molecule has 0 atom stereocenters. The van der Waals surface area contributed by atoms with Crippen LogP contribution in [0.4, 0.5) is 0 Å². The summed E-state index contributed by atoms with van der Waals surface area (Å²) in [5, 5.41) is 6.71. The summed E-state index contributed by atoms with van der Waals surface area (Å²) < 4.78 is 0. The Morgan fingerprint density at radius 1 is 1.13 bits per heavy atom. The molecule has 0 unspecified atom stereocenters. The zero-order chi connectivity index (χ0) is 10.3. The van der Waals surface area contributed by atoms with Crippen LogP contribution in [-0.4, -0.2) is 16.0 Å². The number of ketones is 1. The van der Waals surface area contributed by atoms with Crippen molar-refractivity contribution in [3.8, 4) is 0 Å². The van der Waals surface area contributed by atoms with Gasteiger partial charge in [-0.2, -0.15) is 5.10 Å². The first kappa shape index (κ1) is 8.41. The van der Waals surface area contributed by atoms with Gasteiger partial charge in [0.25, 0.3) is 0 Å². The van der Waals surface area contributed by atoms with E-state index in [2.05, 4.69) is 10.2 Å². The number of H-pyrrole nitrogens is 1. The molecule has 1 aromatic carbocycles. The number of hydrogen-bond donors (Lipinski definition) is 1. The Bertz CT molecular complexity index is 528. The Hall–Kier alpha value is -1.90. The van der Waals surface area contributed by atoms with Crippen molar-refractivity contribution in [2.75, 3.05) is 0 Å². The zero-order valence-electron chi connectivity index (χ0n) is 8.16. The highest BCUT2D eigenvalue weighted by Gasteiger charge is 2.21. The maximum Gasteiger partial charge on any atom is 0.211 e. The third kappa shape index (κ3) is 1.20. The van der Waals surface area contributed by atoms with Gasteiger partial charge in [0.05, 0.1) is 6.20 Å². The molecule has 0 aliphatic heterocycles. The minimum atomic E-state index is 0.0654. The van der Waals surface area contributed by atoms with E-state index >= 15 is 0 Å². The van der Waals surface area contributed by atoms with Gasteiger partial charge in [-0.1, -0.05) is 24.3 Å². The summed E-state index contributed by atoms with van der Waals surface area (Å²) in [6.45, 7) is 0. The van der Waals surface area contributed by atoms with Crippen molar-refractivity contribution < 1.29 is 4.79 Å². The molecule has 1 aromatic heterocycles. The van der Waals surface area contributed by atoms with Crippen LogP contribution in [0.3, 0.4) is 0 Å². The molecular weight excluding hydrogens is 188 g/mol. The van der Waals surface area contributed by atoms with E-state index in [1.54, 1.807) is 6.20 Å². The SMILES string of the molecule is O=C1c2ccccc2CCc2cn[nH]c21. The lowest BCUT2D eigenvalue weighted by atomic mass is 10.0. The van der Waals surface area contributed by atoms with Crippen molar-refractivity contribution in [1.29, 1.82) is 0 Å². The highest BCUT2D eigenvalue weighted by molar-refractivity contribution is 6.09. The first-order chi connectivity index (χ1) is 7.36. The molecule has 74 valence electrons. The number of nitrogens with zero attached hydrogens (tertiary/aromatic N) is 1. The quantitative estimate of drug-likeness (QED) is 0.700. The fraction of sp³-hybridized carbons (Fsp3) is 0.167. The summed E-state index contributed by atoms with van der Waals surface area (Å²) in [6.07, 6.45) is 3.54. The van der Waals surface area contributed by atoms with E-state index in [1.165, 1.54) is 0 Å². The lowest BCUT2D eigenvalue weighted by molar-refractivity contribution is 0.103. The van der Waals surface area contributed by atoms with E-state index in [0.29, 0.717) is 5.69 Å². The van der Waals surface area contributed by atoms with Crippen LogP contribution in [0, 0.1) is 0 Å². The van der Waals surface area contributed by atoms with Crippen molar-refractivity contribution in [3.05, 3.63) is 52.8 Å². The Balaban J connectivity index is 2.22. The van der Waals surface area contributed by atoms with Crippen LogP contribution in [0.1, 0.15) is 27.2 Å². The topological polar surface area (TPSA) is 45.8 Å². The van der Waals surface area contributed by atoms with E-state index in [1.807, 2.05) is 24.3 Å². The molecule has 0 amide bonds. The summed E-state index contributed by atoms with van der Waals surface area (Å²) >= 11 is 0. The van der Waals surface area contributed by atoms with Crippen LogP contribution in [-0.2, 0) is 12.8 Å². The van der Waals surface area contributed by atoms with Gasteiger partial charge in [-0.3, -0.25) is 9.89 Å². The van der Waals surface area contributed by atoms with Crippen LogP contribution in [0.15, 0.2) is 30.5 Å². The lowest BCUT2D eigenvalue weighted by Crippen LogP contribution is -2.04. The molecule has 1 aliphatic rings. The van der Waals surface area contributed by atoms with E-state index in [0.717, 1.165) is 29.5 Å². The van der Waals surface area contributed by atoms with Crippen LogP contribution in [0.5, 0.6) is 0 Å². The number of aromatic amines is 1. The van der Waals surface area contributed by atoms with Crippen molar-refractivity contribution >= 4 is 5.78 Å². The summed E-state index contributed by atoms with van der Waals surface area (Å²) in [5.74, 6) is 0.0654. The highest BCUT2D eigenvalue weighted by Crippen LogP contribution is 2.22. The predicted molar refractivity (Wildman–Crippen MR) is 55.9 cm³/mol. The molecular formula is C12H10N2O. The molecule has 2 aromatic rings. The van der Waals surface area contributed by atoms with Gasteiger partial charge in [0, 0.05) is 11.1 Å². The van der Waals surface area contributed by atoms with Gasteiger partial charge >= 0.3 is 0 Å². The average Bonchev–Trinajstić information content (AvgIpc) is 2.69. The summed E-state index contributed by atoms with van der Waals surface area (Å²) in [7, 11) is 0. The number of carbonyl (C=O) groups is 1. The Morgan fingerprint density at radius 3 is 2.87 bits per heavy atom. The average molecular weight is 198 g/mol. The number of aromatic nitrogens is 2. The number of benzene rings is 1.